The van der Waals surface area contributed by atoms with Gasteiger partial charge in [0.05, 0.1) is 0 Å². The van der Waals surface area contributed by atoms with Crippen LogP contribution in [0.3, 0.4) is 0 Å². The van der Waals surface area contributed by atoms with Gasteiger partial charge in [0.25, 0.3) is 0 Å². The first-order valence-corrected chi connectivity index (χ1v) is 9.05. The van der Waals surface area contributed by atoms with Crippen LogP contribution in [0.1, 0.15) is 11.1 Å². The molecule has 0 saturated carbocycles. The summed E-state index contributed by atoms with van der Waals surface area (Å²) in [5, 5.41) is 0. The molecule has 0 amide bonds. The Bertz CT molecular complexity index is 947. The van der Waals surface area contributed by atoms with Gasteiger partial charge in [-0.05, 0) is 47.2 Å². The van der Waals surface area contributed by atoms with Gasteiger partial charge in [0.2, 0.25) is 0 Å². The van der Waals surface area contributed by atoms with Crippen molar-refractivity contribution in [1.29, 1.82) is 0 Å². The molecule has 0 fully saturated rings. The molecule has 0 saturated heterocycles. The van der Waals surface area contributed by atoms with E-state index in [1.54, 1.807) is 0 Å². The van der Waals surface area contributed by atoms with Crippen molar-refractivity contribution in [2.75, 3.05) is 0 Å². The molecule has 0 aliphatic carbocycles. The first-order chi connectivity index (χ1) is 12.7. The zero-order valence-corrected chi connectivity index (χ0v) is 16.2. The van der Waals surface area contributed by atoms with E-state index < -0.39 is 0 Å². The summed E-state index contributed by atoms with van der Waals surface area (Å²) in [7, 11) is 0. The predicted molar refractivity (Wildman–Crippen MR) is 118 cm³/mol. The molecular formula is C26H22Li. The van der Waals surface area contributed by atoms with Crippen LogP contribution in [0.4, 0.5) is 0 Å². The zero-order valence-electron chi connectivity index (χ0n) is 16.2. The summed E-state index contributed by atoms with van der Waals surface area (Å²) >= 11 is 0. The average Bonchev–Trinajstić information content (AvgIpc) is 2.69. The van der Waals surface area contributed by atoms with E-state index in [-0.39, 0.29) is 18.9 Å². The monoisotopic (exact) mass is 341 g/mol. The summed E-state index contributed by atoms with van der Waals surface area (Å²) in [5.41, 5.74) is 10.2. The number of aryl methyl sites for hydroxylation is 2. The molecule has 0 bridgehead atoms. The Hall–Kier alpha value is -2.52. The quantitative estimate of drug-likeness (QED) is 0.355. The molecular weight excluding hydrogens is 319 g/mol. The Kier molecular flexibility index (Phi) is 6.02. The Morgan fingerprint density at radius 2 is 0.778 bits per heavy atom. The predicted octanol–water partition coefficient (Wildman–Crippen LogP) is 6.92. The van der Waals surface area contributed by atoms with Gasteiger partial charge in [0.15, 0.2) is 0 Å². The molecule has 0 aliphatic heterocycles. The standard InChI is InChI=1S/C26H22.Li/c1-19-13-15-23(25(17-19)21-9-5-3-6-10-21)24-16-14-20(2)18-26(24)22-11-7-4-8-12-22;/h3-18H,1-2H3;. The van der Waals surface area contributed by atoms with Gasteiger partial charge in [-0.3, -0.25) is 0 Å². The third kappa shape index (κ3) is 4.09. The van der Waals surface area contributed by atoms with Crippen molar-refractivity contribution in [3.05, 3.63) is 108 Å². The van der Waals surface area contributed by atoms with Gasteiger partial charge in [-0.15, -0.1) is 0 Å². The molecule has 0 N–H and O–H groups in total. The van der Waals surface area contributed by atoms with Crippen LogP contribution in [0.2, 0.25) is 0 Å². The van der Waals surface area contributed by atoms with Crippen LogP contribution < -0.4 is 0 Å². The second kappa shape index (κ2) is 8.45. The molecule has 0 aromatic heterocycles. The van der Waals surface area contributed by atoms with E-state index in [4.69, 9.17) is 0 Å². The molecule has 0 aliphatic rings. The van der Waals surface area contributed by atoms with Gasteiger partial charge < -0.3 is 0 Å². The maximum absolute atomic E-state index is 2.29. The third-order valence-corrected chi connectivity index (χ3v) is 4.81. The van der Waals surface area contributed by atoms with Crippen molar-refractivity contribution >= 4 is 18.9 Å². The summed E-state index contributed by atoms with van der Waals surface area (Å²) in [6, 6.07) is 34.8. The molecule has 0 spiro atoms. The molecule has 0 unspecified atom stereocenters. The van der Waals surface area contributed by atoms with Crippen LogP contribution in [0.25, 0.3) is 33.4 Å². The largest absolute Gasteiger partial charge is 0.0622 e. The summed E-state index contributed by atoms with van der Waals surface area (Å²) < 4.78 is 0. The molecule has 4 aromatic rings. The maximum Gasteiger partial charge on any atom is 0 e. The van der Waals surface area contributed by atoms with Crippen molar-refractivity contribution in [3.8, 4) is 33.4 Å². The van der Waals surface area contributed by atoms with E-state index in [1.165, 1.54) is 44.5 Å². The SMILES string of the molecule is Cc1ccc(-c2ccc(C)cc2-c2ccccc2)c(-c2ccccc2)c1.[Li]. The molecule has 127 valence electrons. The zero-order chi connectivity index (χ0) is 17.9. The van der Waals surface area contributed by atoms with Crippen LogP contribution >= 0.6 is 0 Å². The molecule has 0 nitrogen and oxygen atoms in total. The third-order valence-electron chi connectivity index (χ3n) is 4.81. The number of hydrogen-bond acceptors (Lipinski definition) is 0. The number of benzene rings is 4. The fourth-order valence-corrected chi connectivity index (χ4v) is 3.50. The Morgan fingerprint density at radius 3 is 1.15 bits per heavy atom. The molecule has 1 radical (unpaired) electrons. The van der Waals surface area contributed by atoms with Gasteiger partial charge in [-0.25, -0.2) is 0 Å². The van der Waals surface area contributed by atoms with Crippen molar-refractivity contribution in [1.82, 2.24) is 0 Å². The first-order valence-electron chi connectivity index (χ1n) is 9.05. The fraction of sp³-hybridized carbons (Fsp3) is 0.0769. The molecule has 4 aromatic carbocycles. The minimum atomic E-state index is 0. The summed E-state index contributed by atoms with van der Waals surface area (Å²) in [5.74, 6) is 0. The molecule has 1 heteroatoms. The first kappa shape index (κ1) is 19.2. The summed E-state index contributed by atoms with van der Waals surface area (Å²) in [6.45, 7) is 4.31. The maximum atomic E-state index is 2.29. The minimum absolute atomic E-state index is 0. The van der Waals surface area contributed by atoms with E-state index in [0.717, 1.165) is 0 Å². The van der Waals surface area contributed by atoms with Crippen LogP contribution in [0.5, 0.6) is 0 Å². The van der Waals surface area contributed by atoms with Crippen LogP contribution in [-0.2, 0) is 0 Å². The van der Waals surface area contributed by atoms with Gasteiger partial charge in [0, 0.05) is 18.9 Å². The normalized spacial score (nSPS) is 10.3. The molecule has 27 heavy (non-hydrogen) atoms. The summed E-state index contributed by atoms with van der Waals surface area (Å²) in [4.78, 5) is 0. The number of rotatable bonds is 3. The van der Waals surface area contributed by atoms with Crippen molar-refractivity contribution in [2.45, 2.75) is 13.8 Å². The minimum Gasteiger partial charge on any atom is -0.0622 e. The van der Waals surface area contributed by atoms with Gasteiger partial charge in [-0.1, -0.05) is 108 Å². The fourth-order valence-electron chi connectivity index (χ4n) is 3.50. The second-order valence-electron chi connectivity index (χ2n) is 6.83. The van der Waals surface area contributed by atoms with Crippen molar-refractivity contribution < 1.29 is 0 Å². The Morgan fingerprint density at radius 1 is 0.407 bits per heavy atom. The van der Waals surface area contributed by atoms with E-state index in [1.807, 2.05) is 0 Å². The van der Waals surface area contributed by atoms with E-state index in [2.05, 4.69) is 111 Å². The molecule has 0 atom stereocenters. The molecule has 0 heterocycles. The van der Waals surface area contributed by atoms with Crippen LogP contribution in [0, 0.1) is 13.8 Å². The van der Waals surface area contributed by atoms with E-state index >= 15 is 0 Å². The smallest absolute Gasteiger partial charge is 0 e. The van der Waals surface area contributed by atoms with Gasteiger partial charge in [-0.2, -0.15) is 0 Å². The average molecular weight is 341 g/mol. The second-order valence-corrected chi connectivity index (χ2v) is 6.83. The van der Waals surface area contributed by atoms with Crippen molar-refractivity contribution in [2.24, 2.45) is 0 Å². The Labute approximate surface area is 174 Å². The molecule has 4 rings (SSSR count). The Balaban J connectivity index is 0.00000210. The van der Waals surface area contributed by atoms with Gasteiger partial charge >= 0.3 is 0 Å². The van der Waals surface area contributed by atoms with Crippen molar-refractivity contribution in [3.63, 3.8) is 0 Å². The van der Waals surface area contributed by atoms with E-state index in [0.29, 0.717) is 0 Å². The topological polar surface area (TPSA) is 0 Å². The van der Waals surface area contributed by atoms with Crippen LogP contribution in [-0.4, -0.2) is 18.9 Å². The van der Waals surface area contributed by atoms with E-state index in [9.17, 15) is 0 Å². The summed E-state index contributed by atoms with van der Waals surface area (Å²) in [6.07, 6.45) is 0. The van der Waals surface area contributed by atoms with Gasteiger partial charge in [0.1, 0.15) is 0 Å². The van der Waals surface area contributed by atoms with Crippen LogP contribution in [0.15, 0.2) is 97.1 Å². The number of hydrogen-bond donors (Lipinski definition) is 0.